The van der Waals surface area contributed by atoms with Gasteiger partial charge in [0, 0.05) is 17.1 Å². The normalized spacial score (nSPS) is 16.1. The van der Waals surface area contributed by atoms with Gasteiger partial charge in [0.15, 0.2) is 5.43 Å². The van der Waals surface area contributed by atoms with Gasteiger partial charge in [-0.3, -0.25) is 9.59 Å². The summed E-state index contributed by atoms with van der Waals surface area (Å²) in [6.45, 7) is 1.12. The van der Waals surface area contributed by atoms with Crippen molar-refractivity contribution in [1.82, 2.24) is 9.80 Å². The Labute approximate surface area is 172 Å². The Morgan fingerprint density at radius 3 is 2.66 bits per heavy atom. The van der Waals surface area contributed by atoms with Gasteiger partial charge >= 0.3 is 0 Å². The molecule has 7 heteroatoms. The molecule has 1 amide bonds. The molecule has 3 aromatic rings. The van der Waals surface area contributed by atoms with Crippen molar-refractivity contribution >= 4 is 28.5 Å². The van der Waals surface area contributed by atoms with Crippen LogP contribution in [0.3, 0.4) is 0 Å². The zero-order chi connectivity index (χ0) is 20.7. The molecule has 1 atom stereocenters. The van der Waals surface area contributed by atoms with Crippen molar-refractivity contribution in [3.05, 3.63) is 80.4 Å². The SMILES string of the molecule is CN(C)CCCN1C(=O)c2oc3ccc(Cl)cc3c(=O)c2C1c1ccccc1F. The molecule has 2 aromatic carbocycles. The van der Waals surface area contributed by atoms with Gasteiger partial charge in [0.25, 0.3) is 5.91 Å². The fourth-order valence-electron chi connectivity index (χ4n) is 3.80. The molecule has 29 heavy (non-hydrogen) atoms. The van der Waals surface area contributed by atoms with Crippen LogP contribution in [-0.2, 0) is 0 Å². The lowest BCUT2D eigenvalue weighted by atomic mass is 9.98. The van der Waals surface area contributed by atoms with Crippen LogP contribution in [0.1, 0.15) is 34.1 Å². The largest absolute Gasteiger partial charge is 0.450 e. The van der Waals surface area contributed by atoms with Crippen LogP contribution in [0.5, 0.6) is 0 Å². The molecular formula is C22H20ClFN2O3. The predicted octanol–water partition coefficient (Wildman–Crippen LogP) is 4.08. The van der Waals surface area contributed by atoms with Gasteiger partial charge in [-0.1, -0.05) is 29.8 Å². The molecule has 1 aromatic heterocycles. The summed E-state index contributed by atoms with van der Waals surface area (Å²) in [7, 11) is 3.88. The maximum absolute atomic E-state index is 14.7. The number of carbonyl (C=O) groups excluding carboxylic acids is 1. The van der Waals surface area contributed by atoms with Gasteiger partial charge < -0.3 is 14.2 Å². The first kappa shape index (κ1) is 19.6. The van der Waals surface area contributed by atoms with Gasteiger partial charge in [-0.05, 0) is 51.3 Å². The number of hydrogen-bond acceptors (Lipinski definition) is 4. The Bertz CT molecular complexity index is 1160. The van der Waals surface area contributed by atoms with E-state index in [1.54, 1.807) is 30.3 Å². The molecule has 1 aliphatic heterocycles. The summed E-state index contributed by atoms with van der Waals surface area (Å²) in [4.78, 5) is 30.0. The molecule has 0 radical (unpaired) electrons. The van der Waals surface area contributed by atoms with E-state index in [4.69, 9.17) is 16.0 Å². The molecule has 4 rings (SSSR count). The van der Waals surface area contributed by atoms with Crippen molar-refractivity contribution in [1.29, 1.82) is 0 Å². The first-order valence-corrected chi connectivity index (χ1v) is 9.72. The first-order valence-electron chi connectivity index (χ1n) is 9.35. The third-order valence-electron chi connectivity index (χ3n) is 5.13. The Kier molecular flexibility index (Phi) is 5.15. The number of halogens is 2. The van der Waals surface area contributed by atoms with E-state index in [0.717, 1.165) is 6.54 Å². The van der Waals surface area contributed by atoms with Crippen LogP contribution in [0, 0.1) is 5.82 Å². The summed E-state index contributed by atoms with van der Waals surface area (Å²) in [5, 5.41) is 0.667. The zero-order valence-corrected chi connectivity index (χ0v) is 16.9. The summed E-state index contributed by atoms with van der Waals surface area (Å²) >= 11 is 6.05. The van der Waals surface area contributed by atoms with Crippen LogP contribution in [0.4, 0.5) is 4.39 Å². The smallest absolute Gasteiger partial charge is 0.290 e. The lowest BCUT2D eigenvalue weighted by Gasteiger charge is -2.26. The lowest BCUT2D eigenvalue weighted by Crippen LogP contribution is -2.32. The third-order valence-corrected chi connectivity index (χ3v) is 5.37. The number of hydrogen-bond donors (Lipinski definition) is 0. The Hall–Kier alpha value is -2.70. The van der Waals surface area contributed by atoms with Crippen LogP contribution >= 0.6 is 11.6 Å². The van der Waals surface area contributed by atoms with Crippen molar-refractivity contribution < 1.29 is 13.6 Å². The van der Waals surface area contributed by atoms with Gasteiger partial charge in [0.1, 0.15) is 11.4 Å². The van der Waals surface area contributed by atoms with E-state index < -0.39 is 17.8 Å². The van der Waals surface area contributed by atoms with E-state index in [0.29, 0.717) is 18.0 Å². The molecule has 0 bridgehead atoms. The summed E-state index contributed by atoms with van der Waals surface area (Å²) in [5.74, 6) is -0.898. The second-order valence-corrected chi connectivity index (χ2v) is 7.83. The second kappa shape index (κ2) is 7.61. The summed E-state index contributed by atoms with van der Waals surface area (Å²) in [5.41, 5.74) is 0.368. The Morgan fingerprint density at radius 1 is 1.17 bits per heavy atom. The number of carbonyl (C=O) groups is 1. The highest BCUT2D eigenvalue weighted by atomic mass is 35.5. The number of nitrogens with zero attached hydrogens (tertiary/aromatic N) is 2. The molecule has 1 unspecified atom stereocenters. The zero-order valence-electron chi connectivity index (χ0n) is 16.1. The number of amides is 1. The van der Waals surface area contributed by atoms with E-state index >= 15 is 0 Å². The van der Waals surface area contributed by atoms with Crippen molar-refractivity contribution in [3.63, 3.8) is 0 Å². The highest BCUT2D eigenvalue weighted by Gasteiger charge is 2.43. The standard InChI is InChI=1S/C22H20ClFN2O3/c1-25(2)10-5-11-26-19(14-6-3-4-7-16(14)24)18-20(27)15-12-13(23)8-9-17(15)29-21(18)22(26)28/h3-4,6-9,12,19H,5,10-11H2,1-2H3. The van der Waals surface area contributed by atoms with E-state index in [2.05, 4.69) is 0 Å². The molecule has 5 nitrogen and oxygen atoms in total. The molecule has 0 saturated heterocycles. The van der Waals surface area contributed by atoms with Crippen LogP contribution in [-0.4, -0.2) is 42.9 Å². The van der Waals surface area contributed by atoms with Crippen LogP contribution in [0.2, 0.25) is 5.02 Å². The molecule has 0 spiro atoms. The average Bonchev–Trinajstić information content (AvgIpc) is 2.95. The van der Waals surface area contributed by atoms with Gasteiger partial charge in [-0.2, -0.15) is 0 Å². The molecule has 0 N–H and O–H groups in total. The van der Waals surface area contributed by atoms with E-state index in [1.807, 2.05) is 19.0 Å². The molecule has 0 fully saturated rings. The van der Waals surface area contributed by atoms with Crippen molar-refractivity contribution in [2.45, 2.75) is 12.5 Å². The topological polar surface area (TPSA) is 53.8 Å². The third kappa shape index (κ3) is 3.43. The van der Waals surface area contributed by atoms with Crippen molar-refractivity contribution in [2.24, 2.45) is 0 Å². The van der Waals surface area contributed by atoms with Crippen LogP contribution in [0.25, 0.3) is 11.0 Å². The van der Waals surface area contributed by atoms with Gasteiger partial charge in [-0.15, -0.1) is 0 Å². The molecule has 150 valence electrons. The molecule has 1 aliphatic rings. The highest BCUT2D eigenvalue weighted by molar-refractivity contribution is 6.31. The summed E-state index contributed by atoms with van der Waals surface area (Å²) in [6.07, 6.45) is 0.678. The minimum atomic E-state index is -0.833. The number of rotatable bonds is 5. The molecular weight excluding hydrogens is 395 g/mol. The predicted molar refractivity (Wildman–Crippen MR) is 110 cm³/mol. The van der Waals surface area contributed by atoms with Crippen LogP contribution in [0.15, 0.2) is 51.7 Å². The Balaban J connectivity index is 1.91. The monoisotopic (exact) mass is 414 g/mol. The fourth-order valence-corrected chi connectivity index (χ4v) is 3.97. The Morgan fingerprint density at radius 2 is 1.93 bits per heavy atom. The minimum Gasteiger partial charge on any atom is -0.450 e. The number of fused-ring (bicyclic) bond motifs is 2. The fraction of sp³-hybridized carbons (Fsp3) is 0.273. The maximum Gasteiger partial charge on any atom is 0.290 e. The highest BCUT2D eigenvalue weighted by Crippen LogP contribution is 2.39. The lowest BCUT2D eigenvalue weighted by molar-refractivity contribution is 0.0720. The molecule has 0 aliphatic carbocycles. The summed E-state index contributed by atoms with van der Waals surface area (Å²) < 4.78 is 20.5. The number of benzene rings is 2. The van der Waals surface area contributed by atoms with E-state index in [1.165, 1.54) is 17.0 Å². The minimum absolute atomic E-state index is 0.0251. The van der Waals surface area contributed by atoms with Crippen LogP contribution < -0.4 is 5.43 Å². The van der Waals surface area contributed by atoms with Gasteiger partial charge in [0.2, 0.25) is 5.76 Å². The average molecular weight is 415 g/mol. The maximum atomic E-state index is 14.7. The second-order valence-electron chi connectivity index (χ2n) is 7.39. The molecule has 2 heterocycles. The van der Waals surface area contributed by atoms with E-state index in [9.17, 15) is 14.0 Å². The van der Waals surface area contributed by atoms with E-state index in [-0.39, 0.29) is 33.3 Å². The quantitative estimate of drug-likeness (QED) is 0.631. The summed E-state index contributed by atoms with van der Waals surface area (Å²) in [6, 6.07) is 10.1. The molecule has 0 saturated carbocycles. The first-order chi connectivity index (χ1) is 13.9. The van der Waals surface area contributed by atoms with Gasteiger partial charge in [-0.25, -0.2) is 4.39 Å². The van der Waals surface area contributed by atoms with Gasteiger partial charge in [0.05, 0.1) is 17.0 Å². The van der Waals surface area contributed by atoms with Crippen molar-refractivity contribution in [2.75, 3.05) is 27.2 Å². The van der Waals surface area contributed by atoms with Crippen molar-refractivity contribution in [3.8, 4) is 0 Å².